The first-order valence-corrected chi connectivity index (χ1v) is 20.2. The van der Waals surface area contributed by atoms with Crippen LogP contribution < -0.4 is 19.5 Å². The quantitative estimate of drug-likeness (QED) is 0.0728. The van der Waals surface area contributed by atoms with Crippen molar-refractivity contribution in [3.63, 3.8) is 0 Å². The van der Waals surface area contributed by atoms with Gasteiger partial charge < -0.3 is 24.6 Å². The molecule has 2 N–H and O–H groups in total. The molecule has 7 rings (SSSR count). The van der Waals surface area contributed by atoms with Gasteiger partial charge in [0.1, 0.15) is 28.6 Å². The molecule has 18 nitrogen and oxygen atoms in total. The first-order chi connectivity index (χ1) is 31.4. The smallest absolute Gasteiger partial charge is 0.425 e. The van der Waals surface area contributed by atoms with Crippen molar-refractivity contribution in [2.24, 2.45) is 40.9 Å². The van der Waals surface area contributed by atoms with Crippen LogP contribution in [-0.4, -0.2) is 37.8 Å². The van der Waals surface area contributed by atoms with Crippen molar-refractivity contribution in [1.29, 1.82) is 0 Å². The number of benzene rings is 7. The fourth-order valence-electron chi connectivity index (χ4n) is 6.09. The lowest BCUT2D eigenvalue weighted by atomic mass is 10.1. The van der Waals surface area contributed by atoms with Crippen LogP contribution in [0.4, 0.5) is 56.9 Å². The molecule has 0 aliphatic heterocycles. The highest BCUT2D eigenvalue weighted by molar-refractivity contribution is 7.59. The molecule has 65 heavy (non-hydrogen) atoms. The Balaban J connectivity index is 0.00000168. The van der Waals surface area contributed by atoms with Gasteiger partial charge in [-0.25, -0.2) is 0 Å². The average Bonchev–Trinajstić information content (AvgIpc) is 3.28. The molecule has 0 fully saturated rings. The summed E-state index contributed by atoms with van der Waals surface area (Å²) < 4.78 is 40.7. The molecular weight excluding hydrogens is 855 g/mol. The lowest BCUT2D eigenvalue weighted by Crippen LogP contribution is -1.92. The lowest BCUT2D eigenvalue weighted by Gasteiger charge is -2.10. The van der Waals surface area contributed by atoms with Crippen LogP contribution in [-0.2, 0) is 20.2 Å². The van der Waals surface area contributed by atoms with E-state index >= 15 is 0 Å². The van der Waals surface area contributed by atoms with Crippen LogP contribution in [0, 0.1) is 20.8 Å². The van der Waals surface area contributed by atoms with Crippen molar-refractivity contribution < 1.29 is 41.5 Å². The number of nitrogens with zero attached hydrogens (tertiary/aromatic N) is 8. The highest BCUT2D eigenvalue weighted by atomic mass is 32.2. The minimum Gasteiger partial charge on any atom is -0.505 e. The second kappa shape index (κ2) is 21.8. The predicted octanol–water partition coefficient (Wildman–Crippen LogP) is 13.0. The molecule has 0 bridgehead atoms. The maximum Gasteiger partial charge on any atom is 0.425 e. The average molecular weight is 892 g/mol. The number of carbonyl (C=O) groups is 2. The number of azo groups is 4. The Labute approximate surface area is 372 Å². The first-order valence-electron chi connectivity index (χ1n) is 19.2. The number of para-hydroxylation sites is 1. The fraction of sp³-hybridized carbons (Fsp3) is 0.0870. The van der Waals surface area contributed by atoms with Crippen molar-refractivity contribution in [2.75, 3.05) is 12.4 Å². The summed E-state index contributed by atoms with van der Waals surface area (Å²) >= 11 is 0. The molecule has 7 aromatic rings. The molecular formula is C46H37N9O9S. The number of rotatable bonds is 15. The summed E-state index contributed by atoms with van der Waals surface area (Å²) in [6, 6.07) is 37.9. The van der Waals surface area contributed by atoms with Gasteiger partial charge in [0.25, 0.3) is 12.9 Å². The minimum absolute atomic E-state index is 0.0258. The number of nitrogens with one attached hydrogen (secondary N) is 1. The number of fused-ring (bicyclic) bond motifs is 1. The van der Waals surface area contributed by atoms with Gasteiger partial charge in [0.2, 0.25) is 0 Å². The molecule has 0 saturated carbocycles. The summed E-state index contributed by atoms with van der Waals surface area (Å²) in [6.45, 7) is 6.18. The Bertz CT molecular complexity index is 3090. The zero-order chi connectivity index (χ0) is 46.3. The number of aryl methyl sites for hydroxylation is 3. The van der Waals surface area contributed by atoms with Crippen LogP contribution in [0.3, 0.4) is 0 Å². The van der Waals surface area contributed by atoms with E-state index in [0.29, 0.717) is 56.6 Å². The van der Waals surface area contributed by atoms with Crippen LogP contribution in [0.2, 0.25) is 0 Å². The largest absolute Gasteiger partial charge is 0.505 e. The molecule has 0 spiro atoms. The van der Waals surface area contributed by atoms with Gasteiger partial charge in [-0.3, -0.25) is 9.59 Å². The molecule has 0 radical (unpaired) electrons. The number of anilines is 2. The van der Waals surface area contributed by atoms with E-state index in [1.54, 1.807) is 36.4 Å². The molecule has 0 saturated heterocycles. The van der Waals surface area contributed by atoms with Crippen LogP contribution in [0.15, 0.2) is 168 Å². The summed E-state index contributed by atoms with van der Waals surface area (Å²) in [6.07, 6.45) is 0. The topological polar surface area (TPSA) is 244 Å². The molecule has 0 aromatic heterocycles. The molecule has 0 heterocycles. The Kier molecular flexibility index (Phi) is 15.3. The Morgan fingerprint density at radius 2 is 1.03 bits per heavy atom. The second-order valence-corrected chi connectivity index (χ2v) is 14.1. The van der Waals surface area contributed by atoms with Gasteiger partial charge >= 0.3 is 10.6 Å². The second-order valence-electron chi connectivity index (χ2n) is 13.7. The maximum absolute atomic E-state index is 11.1. The van der Waals surface area contributed by atoms with Crippen molar-refractivity contribution in [3.8, 4) is 23.0 Å². The van der Waals surface area contributed by atoms with Crippen LogP contribution in [0.25, 0.3) is 10.8 Å². The van der Waals surface area contributed by atoms with Crippen molar-refractivity contribution in [1.82, 2.24) is 0 Å². The van der Waals surface area contributed by atoms with E-state index < -0.39 is 10.6 Å². The van der Waals surface area contributed by atoms with E-state index in [4.69, 9.17) is 26.8 Å². The summed E-state index contributed by atoms with van der Waals surface area (Å²) in [7, 11) is -1.57. The van der Waals surface area contributed by atoms with Crippen LogP contribution in [0.5, 0.6) is 23.0 Å². The summed E-state index contributed by atoms with van der Waals surface area (Å²) in [5.41, 5.74) is 8.43. The molecule has 0 aliphatic carbocycles. The Hall–Kier alpha value is -8.84. The van der Waals surface area contributed by atoms with E-state index in [-0.39, 0.29) is 30.2 Å². The number of aromatic hydroxyl groups is 1. The third kappa shape index (κ3) is 12.6. The zero-order valence-corrected chi connectivity index (χ0v) is 35.8. The van der Waals surface area contributed by atoms with E-state index in [9.17, 15) is 14.7 Å². The highest BCUT2D eigenvalue weighted by Crippen LogP contribution is 2.40. The summed E-state index contributed by atoms with van der Waals surface area (Å²) in [5.74, 6) is 0.765. The normalized spacial score (nSPS) is 11.2. The maximum atomic E-state index is 11.1. The number of phenolic OH excluding ortho intramolecular Hbond substituents is 1. The summed E-state index contributed by atoms with van der Waals surface area (Å²) in [5, 5.41) is 51.0. The molecule has 7 aromatic carbocycles. The molecule has 326 valence electrons. The SMILES string of the molecule is COc1cc(N=Nc2ccc(N=Nc3ccc(N=Nc4cc(OC=O)cc(OC=O)c4)c(C)c3)c(C)c2)c(C)cc1N=Nc1ccc2cc(Nc3ccccc3)ccc2c1O.O=S(=O)=O. The molecule has 19 heteroatoms. The lowest BCUT2D eigenvalue weighted by molar-refractivity contribution is -0.121. The van der Waals surface area contributed by atoms with Gasteiger partial charge in [-0.15, -0.1) is 22.9 Å². The van der Waals surface area contributed by atoms with Gasteiger partial charge in [0, 0.05) is 41.0 Å². The number of ether oxygens (including phenoxy) is 3. The monoisotopic (exact) mass is 891 g/mol. The van der Waals surface area contributed by atoms with E-state index in [1.807, 2.05) is 93.6 Å². The van der Waals surface area contributed by atoms with Crippen LogP contribution in [0.1, 0.15) is 16.7 Å². The number of methoxy groups -OCH3 is 1. The minimum atomic E-state index is -3.11. The van der Waals surface area contributed by atoms with Gasteiger partial charge in [-0.05, 0) is 122 Å². The third-order valence-corrected chi connectivity index (χ3v) is 9.21. The Morgan fingerprint density at radius 1 is 0.508 bits per heavy atom. The molecule has 0 unspecified atom stereocenters. The van der Waals surface area contributed by atoms with Crippen molar-refractivity contribution in [2.45, 2.75) is 20.8 Å². The number of carbonyl (C=O) groups excluding carboxylic acids is 2. The zero-order valence-electron chi connectivity index (χ0n) is 35.0. The predicted molar refractivity (Wildman–Crippen MR) is 242 cm³/mol. The number of hydrogen-bond acceptors (Lipinski definition) is 18. The third-order valence-electron chi connectivity index (χ3n) is 9.21. The van der Waals surface area contributed by atoms with E-state index in [1.165, 1.54) is 25.3 Å². The van der Waals surface area contributed by atoms with Gasteiger partial charge in [-0.2, -0.15) is 30.7 Å². The van der Waals surface area contributed by atoms with Gasteiger partial charge in [0.15, 0.2) is 5.75 Å². The number of phenols is 1. The Morgan fingerprint density at radius 3 is 1.60 bits per heavy atom. The molecule has 0 amide bonds. The number of hydrogen-bond donors (Lipinski definition) is 2. The van der Waals surface area contributed by atoms with Gasteiger partial charge in [0.05, 0.1) is 41.2 Å². The highest BCUT2D eigenvalue weighted by Gasteiger charge is 2.12. The first kappa shape index (κ1) is 45.7. The fourth-order valence-corrected chi connectivity index (χ4v) is 6.09. The van der Waals surface area contributed by atoms with Crippen molar-refractivity contribution in [3.05, 3.63) is 144 Å². The van der Waals surface area contributed by atoms with Crippen LogP contribution >= 0.6 is 0 Å². The molecule has 0 atom stereocenters. The standard InChI is InChI=1S/C46H37N9O6.O3S/c1-28-19-35(13-16-40(28)51-48-34-12-17-41(29(2)18-34)52-50-36-22-37(60-26-56)24-38(23-36)61-27-57)49-54-43-25-45(59-4)44(20-30(43)3)55-53-42-15-10-31-21-33(11-14-39(31)46(42)58)47-32-8-6-5-7-9-32;1-4(2)3/h5-27,47,58H,1-4H3;. The van der Waals surface area contributed by atoms with E-state index in [2.05, 4.69) is 46.2 Å². The van der Waals surface area contributed by atoms with Crippen molar-refractivity contribution >= 4 is 91.2 Å². The van der Waals surface area contributed by atoms with E-state index in [0.717, 1.165) is 33.5 Å². The molecule has 0 aliphatic rings. The van der Waals surface area contributed by atoms with Gasteiger partial charge in [-0.1, -0.05) is 24.3 Å². The summed E-state index contributed by atoms with van der Waals surface area (Å²) in [4.78, 5) is 21.6.